The van der Waals surface area contributed by atoms with Crippen LogP contribution in [0.4, 0.5) is 4.79 Å². The van der Waals surface area contributed by atoms with Crippen LogP contribution in [-0.2, 0) is 27.3 Å². The summed E-state index contributed by atoms with van der Waals surface area (Å²) in [7, 11) is 1.60. The van der Waals surface area contributed by atoms with Crippen molar-refractivity contribution in [3.63, 3.8) is 0 Å². The summed E-state index contributed by atoms with van der Waals surface area (Å²) in [6.45, 7) is 2.46. The minimum absolute atomic E-state index is 0.124. The molecule has 38 heavy (non-hydrogen) atoms. The number of imide groups is 1. The number of cyclic esters (lactones) is 1. The largest absolute Gasteiger partial charge is 0.497 e. The first-order valence-corrected chi connectivity index (χ1v) is 14.0. The van der Waals surface area contributed by atoms with Gasteiger partial charge in [0.05, 0.1) is 25.9 Å². The van der Waals surface area contributed by atoms with E-state index in [1.54, 1.807) is 7.11 Å². The van der Waals surface area contributed by atoms with Crippen molar-refractivity contribution in [1.82, 2.24) is 4.90 Å². The number of benzene rings is 2. The van der Waals surface area contributed by atoms with Gasteiger partial charge >= 0.3 is 6.09 Å². The number of ether oxygens (including phenoxy) is 3. The number of aliphatic hydroxyl groups is 1. The molecule has 0 aromatic heterocycles. The van der Waals surface area contributed by atoms with Gasteiger partial charge in [-0.1, -0.05) is 101 Å². The Hall–Kier alpha value is -2.90. The zero-order chi connectivity index (χ0) is 27.2. The third-order valence-corrected chi connectivity index (χ3v) is 7.05. The fraction of sp³-hybridized carbons (Fsp3) is 0.548. The summed E-state index contributed by atoms with van der Waals surface area (Å²) in [5.41, 5.74) is 1.84. The highest BCUT2D eigenvalue weighted by Gasteiger charge is 2.43. The highest BCUT2D eigenvalue weighted by atomic mass is 16.6. The molecular weight excluding hydrogens is 482 g/mol. The topological polar surface area (TPSA) is 85.3 Å². The van der Waals surface area contributed by atoms with Crippen LogP contribution in [0.3, 0.4) is 0 Å². The maximum Gasteiger partial charge on any atom is 0.417 e. The Balaban J connectivity index is 1.64. The van der Waals surface area contributed by atoms with Crippen LogP contribution in [0.15, 0.2) is 54.6 Å². The number of nitrogens with zero attached hydrogens (tertiary/aromatic N) is 1. The van der Waals surface area contributed by atoms with E-state index in [1.165, 1.54) is 32.1 Å². The van der Waals surface area contributed by atoms with Crippen LogP contribution in [0.5, 0.6) is 5.75 Å². The number of amides is 2. The van der Waals surface area contributed by atoms with Crippen LogP contribution in [0, 0.1) is 0 Å². The number of unbranched alkanes of at least 4 members (excludes halogenated alkanes) is 7. The van der Waals surface area contributed by atoms with Crippen molar-refractivity contribution in [2.45, 2.75) is 96.0 Å². The lowest BCUT2D eigenvalue weighted by Crippen LogP contribution is -2.50. The minimum atomic E-state index is -1.16. The van der Waals surface area contributed by atoms with Crippen molar-refractivity contribution in [3.05, 3.63) is 65.7 Å². The number of hydrogen-bond acceptors (Lipinski definition) is 6. The molecule has 3 rings (SSSR count). The lowest BCUT2D eigenvalue weighted by molar-refractivity contribution is -0.151. The lowest BCUT2D eigenvalue weighted by Gasteiger charge is -2.28. The van der Waals surface area contributed by atoms with Crippen molar-refractivity contribution < 1.29 is 28.9 Å². The molecule has 2 aromatic rings. The third kappa shape index (κ3) is 9.14. The molecule has 1 saturated heterocycles. The molecule has 1 heterocycles. The molecule has 1 aliphatic heterocycles. The van der Waals surface area contributed by atoms with E-state index < -0.39 is 30.3 Å². The predicted molar refractivity (Wildman–Crippen MR) is 147 cm³/mol. The van der Waals surface area contributed by atoms with Crippen molar-refractivity contribution in [1.29, 1.82) is 0 Å². The summed E-state index contributed by atoms with van der Waals surface area (Å²) < 4.78 is 16.5. The van der Waals surface area contributed by atoms with Crippen LogP contribution in [0.2, 0.25) is 0 Å². The fourth-order valence-electron chi connectivity index (χ4n) is 4.80. The second-order valence-corrected chi connectivity index (χ2v) is 10.0. The maximum atomic E-state index is 13.7. The Bertz CT molecular complexity index is 964. The summed E-state index contributed by atoms with van der Waals surface area (Å²) in [4.78, 5) is 27.4. The van der Waals surface area contributed by atoms with E-state index in [2.05, 4.69) is 6.92 Å². The molecule has 7 nitrogen and oxygen atoms in total. The summed E-state index contributed by atoms with van der Waals surface area (Å²) in [5, 5.41) is 11.1. The molecule has 0 saturated carbocycles. The number of rotatable bonds is 17. The quantitative estimate of drug-likeness (QED) is 0.253. The molecule has 0 spiro atoms. The Kier molecular flexibility index (Phi) is 12.6. The first-order chi connectivity index (χ1) is 18.5. The van der Waals surface area contributed by atoms with Crippen molar-refractivity contribution >= 4 is 12.0 Å². The molecular formula is C31H43NO6. The van der Waals surface area contributed by atoms with Crippen molar-refractivity contribution in [2.75, 3.05) is 13.7 Å². The first-order valence-electron chi connectivity index (χ1n) is 14.0. The normalized spacial score (nSPS) is 16.8. The van der Waals surface area contributed by atoms with Gasteiger partial charge in [-0.3, -0.25) is 4.79 Å². The van der Waals surface area contributed by atoms with Crippen LogP contribution < -0.4 is 4.74 Å². The SMILES string of the molecule is CCCCCCCCCC[C@@H](O)[C@H](OCc1ccc(OC)cc1)C(=O)N1C(=O)OC[C@@H]1Cc1ccccc1. The van der Waals surface area contributed by atoms with Gasteiger partial charge < -0.3 is 19.3 Å². The van der Waals surface area contributed by atoms with Gasteiger partial charge in [-0.05, 0) is 36.1 Å². The van der Waals surface area contributed by atoms with Gasteiger partial charge in [-0.25, -0.2) is 9.69 Å². The Morgan fingerprint density at radius 3 is 2.29 bits per heavy atom. The van der Waals surface area contributed by atoms with E-state index in [1.807, 2.05) is 54.6 Å². The van der Waals surface area contributed by atoms with Crippen molar-refractivity contribution in [3.8, 4) is 5.75 Å². The van der Waals surface area contributed by atoms with E-state index in [9.17, 15) is 14.7 Å². The fourth-order valence-corrected chi connectivity index (χ4v) is 4.80. The summed E-state index contributed by atoms with van der Waals surface area (Å²) in [6, 6.07) is 16.6. The van der Waals surface area contributed by atoms with Crippen LogP contribution >= 0.6 is 0 Å². The molecule has 1 aliphatic rings. The van der Waals surface area contributed by atoms with E-state index >= 15 is 0 Å². The summed E-state index contributed by atoms with van der Waals surface area (Å²) in [6.07, 6.45) is 7.14. The van der Waals surface area contributed by atoms with E-state index in [-0.39, 0.29) is 13.2 Å². The van der Waals surface area contributed by atoms with Crippen molar-refractivity contribution in [2.24, 2.45) is 0 Å². The molecule has 2 amide bonds. The molecule has 0 bridgehead atoms. The molecule has 2 aromatic carbocycles. The molecule has 1 N–H and O–H groups in total. The average Bonchev–Trinajstić information content (AvgIpc) is 3.30. The zero-order valence-electron chi connectivity index (χ0n) is 22.8. The number of methoxy groups -OCH3 is 1. The van der Waals surface area contributed by atoms with Crippen LogP contribution in [0.25, 0.3) is 0 Å². The Morgan fingerprint density at radius 1 is 0.974 bits per heavy atom. The molecule has 0 unspecified atom stereocenters. The summed E-state index contributed by atoms with van der Waals surface area (Å²) in [5.74, 6) is 0.175. The predicted octanol–water partition coefficient (Wildman–Crippen LogP) is 6.06. The monoisotopic (exact) mass is 525 g/mol. The van der Waals surface area contributed by atoms with Gasteiger partial charge in [-0.2, -0.15) is 0 Å². The smallest absolute Gasteiger partial charge is 0.417 e. The highest BCUT2D eigenvalue weighted by molar-refractivity contribution is 5.96. The van der Waals surface area contributed by atoms with E-state index in [0.717, 1.165) is 41.0 Å². The summed E-state index contributed by atoms with van der Waals surface area (Å²) >= 11 is 0. The van der Waals surface area contributed by atoms with Gasteiger partial charge in [0, 0.05) is 0 Å². The Labute approximate surface area is 227 Å². The van der Waals surface area contributed by atoms with Gasteiger partial charge in [0.1, 0.15) is 12.4 Å². The zero-order valence-corrected chi connectivity index (χ0v) is 22.8. The molecule has 3 atom stereocenters. The Morgan fingerprint density at radius 2 is 1.63 bits per heavy atom. The highest BCUT2D eigenvalue weighted by Crippen LogP contribution is 2.23. The molecule has 0 aliphatic carbocycles. The van der Waals surface area contributed by atoms with Crippen LogP contribution in [0.1, 0.15) is 75.8 Å². The standard InChI is InChI=1S/C31H43NO6/c1-3-4-5-6-7-8-9-13-16-28(33)29(37-22-25-17-19-27(36-2)20-18-25)30(34)32-26(23-38-31(32)35)21-24-14-11-10-12-15-24/h10-12,14-15,17-20,26,28-29,33H,3-9,13,16,21-23H2,1-2H3/t26-,28+,29-/m0/s1. The number of carbonyl (C=O) groups is 2. The minimum Gasteiger partial charge on any atom is -0.497 e. The third-order valence-electron chi connectivity index (χ3n) is 7.05. The van der Waals surface area contributed by atoms with Crippen LogP contribution in [-0.4, -0.2) is 54.0 Å². The van der Waals surface area contributed by atoms with Gasteiger partial charge in [0.15, 0.2) is 6.10 Å². The number of aliphatic hydroxyl groups excluding tert-OH is 1. The molecule has 0 radical (unpaired) electrons. The molecule has 7 heteroatoms. The number of hydrogen-bond donors (Lipinski definition) is 1. The molecule has 208 valence electrons. The number of carbonyl (C=O) groups excluding carboxylic acids is 2. The first kappa shape index (κ1) is 29.7. The maximum absolute atomic E-state index is 13.7. The van der Waals surface area contributed by atoms with Gasteiger partial charge in [0.25, 0.3) is 5.91 Å². The van der Waals surface area contributed by atoms with Gasteiger partial charge in [0.2, 0.25) is 0 Å². The van der Waals surface area contributed by atoms with E-state index in [0.29, 0.717) is 12.8 Å². The lowest BCUT2D eigenvalue weighted by atomic mass is 10.0. The van der Waals surface area contributed by atoms with Gasteiger partial charge in [-0.15, -0.1) is 0 Å². The molecule has 1 fully saturated rings. The second kappa shape index (κ2) is 16.1. The average molecular weight is 526 g/mol. The second-order valence-electron chi connectivity index (χ2n) is 10.0. The van der Waals surface area contributed by atoms with E-state index in [4.69, 9.17) is 14.2 Å².